The second-order valence-corrected chi connectivity index (χ2v) is 8.23. The van der Waals surface area contributed by atoms with E-state index in [-0.39, 0.29) is 23.0 Å². The third-order valence-electron chi connectivity index (χ3n) is 5.92. The Morgan fingerprint density at radius 2 is 2.00 bits per heavy atom. The number of H-pyrrole nitrogens is 1. The third kappa shape index (κ3) is 3.96. The van der Waals surface area contributed by atoms with E-state index in [1.165, 1.54) is 30.5 Å². The highest BCUT2D eigenvalue weighted by Crippen LogP contribution is 2.43. The first-order valence-corrected chi connectivity index (χ1v) is 10.3. The van der Waals surface area contributed by atoms with E-state index in [1.54, 1.807) is 10.7 Å². The molecule has 0 bridgehead atoms. The van der Waals surface area contributed by atoms with Crippen molar-refractivity contribution < 1.29 is 18.3 Å². The van der Waals surface area contributed by atoms with Crippen molar-refractivity contribution in [1.29, 1.82) is 5.26 Å². The predicted octanol–water partition coefficient (Wildman–Crippen LogP) is 4.49. The summed E-state index contributed by atoms with van der Waals surface area (Å²) in [6.07, 6.45) is -0.227. The predicted molar refractivity (Wildman–Crippen MR) is 112 cm³/mol. The van der Waals surface area contributed by atoms with Crippen molar-refractivity contribution in [3.05, 3.63) is 52.4 Å². The van der Waals surface area contributed by atoms with Crippen LogP contribution in [0.15, 0.2) is 41.3 Å². The highest BCUT2D eigenvalue weighted by Gasteiger charge is 2.51. The highest BCUT2D eigenvalue weighted by atomic mass is 19.4. The van der Waals surface area contributed by atoms with Gasteiger partial charge in [0, 0.05) is 18.3 Å². The number of alkyl halides is 3. The van der Waals surface area contributed by atoms with Crippen LogP contribution in [0.2, 0.25) is 0 Å². The van der Waals surface area contributed by atoms with E-state index in [1.807, 2.05) is 0 Å². The van der Waals surface area contributed by atoms with Crippen LogP contribution < -0.4 is 10.9 Å². The Bertz CT molecular complexity index is 1220. The van der Waals surface area contributed by atoms with Gasteiger partial charge in [-0.1, -0.05) is 12.1 Å². The van der Waals surface area contributed by atoms with Crippen LogP contribution in [0.1, 0.15) is 44.2 Å². The Hall–Kier alpha value is -3.32. The molecule has 32 heavy (non-hydrogen) atoms. The van der Waals surface area contributed by atoms with Gasteiger partial charge in [0.05, 0.1) is 17.6 Å². The van der Waals surface area contributed by atoms with Gasteiger partial charge in [0.2, 0.25) is 0 Å². The Balaban J connectivity index is 1.70. The molecule has 0 amide bonds. The molecule has 2 aromatic heterocycles. The summed E-state index contributed by atoms with van der Waals surface area (Å²) in [4.78, 5) is 15.2. The summed E-state index contributed by atoms with van der Waals surface area (Å²) < 4.78 is 41.0. The van der Waals surface area contributed by atoms with Crippen molar-refractivity contribution in [2.24, 2.45) is 5.92 Å². The number of aromatic nitrogens is 3. The number of aromatic amines is 1. The molecule has 1 unspecified atom stereocenters. The largest absolute Gasteiger partial charge is 0.421 e. The Labute approximate surface area is 181 Å². The molecule has 1 aliphatic carbocycles. The molecule has 0 spiro atoms. The fourth-order valence-electron chi connectivity index (χ4n) is 3.87. The molecule has 3 aromatic rings. The number of anilines is 2. The number of hydrogen-bond donors (Lipinski definition) is 3. The first kappa shape index (κ1) is 21.9. The molecule has 2 atom stereocenters. The summed E-state index contributed by atoms with van der Waals surface area (Å²) in [6.45, 7) is 0.698. The fourth-order valence-corrected chi connectivity index (χ4v) is 3.87. The van der Waals surface area contributed by atoms with Crippen molar-refractivity contribution >= 4 is 22.4 Å². The molecule has 0 radical (unpaired) electrons. The molecule has 168 valence electrons. The zero-order valence-corrected chi connectivity index (χ0v) is 17.3. The van der Waals surface area contributed by atoms with Gasteiger partial charge in [-0.3, -0.25) is 9.48 Å². The van der Waals surface area contributed by atoms with E-state index in [0.29, 0.717) is 42.3 Å². The van der Waals surface area contributed by atoms with E-state index in [9.17, 15) is 23.1 Å². The Kier molecular flexibility index (Phi) is 5.46. The normalized spacial score (nSPS) is 17.0. The number of rotatable bonds is 7. The number of nitriles is 1. The molecule has 1 fully saturated rings. The van der Waals surface area contributed by atoms with E-state index >= 15 is 0 Å². The van der Waals surface area contributed by atoms with Crippen molar-refractivity contribution in [2.75, 3.05) is 5.32 Å². The van der Waals surface area contributed by atoms with Crippen LogP contribution in [0.3, 0.4) is 0 Å². The minimum atomic E-state index is -4.81. The maximum Gasteiger partial charge on any atom is 0.421 e. The summed E-state index contributed by atoms with van der Waals surface area (Å²) >= 11 is 0. The van der Waals surface area contributed by atoms with E-state index in [2.05, 4.69) is 21.5 Å². The first-order valence-electron chi connectivity index (χ1n) is 10.3. The summed E-state index contributed by atoms with van der Waals surface area (Å²) in [5, 5.41) is 26.8. The van der Waals surface area contributed by atoms with E-state index < -0.39 is 11.8 Å². The summed E-state index contributed by atoms with van der Waals surface area (Å²) in [7, 11) is 0. The number of aliphatic hydroxyl groups is 1. The number of nitrogens with one attached hydrogen (secondary N) is 2. The lowest BCUT2D eigenvalue weighted by Crippen LogP contribution is -2.39. The van der Waals surface area contributed by atoms with Gasteiger partial charge in [0.1, 0.15) is 5.39 Å². The number of nitrogens with zero attached hydrogens (tertiary/aromatic N) is 3. The minimum absolute atomic E-state index is 0.0150. The van der Waals surface area contributed by atoms with Crippen LogP contribution >= 0.6 is 0 Å². The van der Waals surface area contributed by atoms with Crippen LogP contribution in [0, 0.1) is 17.2 Å². The molecule has 1 aromatic carbocycles. The average molecular weight is 445 g/mol. The van der Waals surface area contributed by atoms with Gasteiger partial charge < -0.3 is 15.4 Å². The van der Waals surface area contributed by atoms with Crippen molar-refractivity contribution in [2.45, 2.75) is 50.4 Å². The molecule has 0 saturated heterocycles. The van der Waals surface area contributed by atoms with E-state index in [0.717, 1.165) is 12.8 Å². The van der Waals surface area contributed by atoms with Crippen LogP contribution in [-0.4, -0.2) is 26.0 Å². The summed E-state index contributed by atoms with van der Waals surface area (Å²) in [5.74, 6) is 0.669. The molecule has 10 heteroatoms. The quantitative estimate of drug-likeness (QED) is 0.497. The molecule has 7 nitrogen and oxygen atoms in total. The van der Waals surface area contributed by atoms with Crippen LogP contribution in [-0.2, 0) is 5.60 Å². The summed E-state index contributed by atoms with van der Waals surface area (Å²) in [6, 6.07) is 9.04. The SMILES string of the molecule is CC(O)(c1ccc(Nc2nn([C@@H](CCC#N)C3CC3)c3cc[nH]c(=O)c23)cc1)C(F)(F)F. The Morgan fingerprint density at radius 3 is 2.59 bits per heavy atom. The standard InChI is InChI=1S/C22H22F3N5O2/c1-21(32,22(23,24)25)14-6-8-15(9-7-14)28-19-18-17(10-12-27-20(18)31)30(29-19)16(3-2-11-26)13-4-5-13/h6-10,12-13,16,32H,2-5H2,1H3,(H,27,31)(H,28,29)/t16-,21?/m0/s1. The van der Waals surface area contributed by atoms with Gasteiger partial charge in [-0.2, -0.15) is 23.5 Å². The molecule has 4 rings (SSSR count). The molecular formula is C22H22F3N5O2. The van der Waals surface area contributed by atoms with Gasteiger partial charge in [0.15, 0.2) is 11.4 Å². The first-order chi connectivity index (χ1) is 15.1. The van der Waals surface area contributed by atoms with Gasteiger partial charge in [-0.05, 0) is 55.9 Å². The van der Waals surface area contributed by atoms with Gasteiger partial charge in [0.25, 0.3) is 5.56 Å². The molecule has 2 heterocycles. The zero-order valence-electron chi connectivity index (χ0n) is 17.3. The maximum atomic E-state index is 13.1. The van der Waals surface area contributed by atoms with Crippen LogP contribution in [0.4, 0.5) is 24.7 Å². The second kappa shape index (κ2) is 7.98. The monoisotopic (exact) mass is 445 g/mol. The fraction of sp³-hybridized carbons (Fsp3) is 0.409. The molecule has 3 N–H and O–H groups in total. The van der Waals surface area contributed by atoms with Crippen molar-refractivity contribution in [3.8, 4) is 6.07 Å². The lowest BCUT2D eigenvalue weighted by atomic mass is 9.95. The topological polar surface area (TPSA) is 107 Å². The minimum Gasteiger partial charge on any atom is -0.376 e. The van der Waals surface area contributed by atoms with Crippen LogP contribution in [0.5, 0.6) is 0 Å². The smallest absolute Gasteiger partial charge is 0.376 e. The maximum absolute atomic E-state index is 13.1. The van der Waals surface area contributed by atoms with Crippen LogP contribution in [0.25, 0.3) is 10.9 Å². The van der Waals surface area contributed by atoms with Crippen molar-refractivity contribution in [1.82, 2.24) is 14.8 Å². The lowest BCUT2D eigenvalue weighted by Gasteiger charge is -2.26. The number of benzene rings is 1. The van der Waals surface area contributed by atoms with E-state index in [4.69, 9.17) is 5.26 Å². The van der Waals surface area contributed by atoms with Gasteiger partial charge in [-0.15, -0.1) is 0 Å². The molecule has 1 aliphatic rings. The number of hydrogen-bond acceptors (Lipinski definition) is 5. The molecular weight excluding hydrogens is 423 g/mol. The summed E-state index contributed by atoms with van der Waals surface area (Å²) in [5.41, 5.74) is -2.57. The van der Waals surface area contributed by atoms with Gasteiger partial charge in [-0.25, -0.2) is 0 Å². The van der Waals surface area contributed by atoms with Gasteiger partial charge >= 0.3 is 6.18 Å². The molecule has 1 saturated carbocycles. The average Bonchev–Trinajstić information content (AvgIpc) is 3.51. The number of fused-ring (bicyclic) bond motifs is 1. The Morgan fingerprint density at radius 1 is 1.31 bits per heavy atom. The highest BCUT2D eigenvalue weighted by molar-refractivity contribution is 5.91. The second-order valence-electron chi connectivity index (χ2n) is 8.23. The lowest BCUT2D eigenvalue weighted by molar-refractivity contribution is -0.258. The number of halogens is 3. The third-order valence-corrected chi connectivity index (χ3v) is 5.92. The molecule has 0 aliphatic heterocycles. The zero-order chi connectivity index (χ0) is 23.1. The van der Waals surface area contributed by atoms with Crippen molar-refractivity contribution in [3.63, 3.8) is 0 Å². The number of pyridine rings is 1.